The Morgan fingerprint density at radius 1 is 1.20 bits per heavy atom. The minimum Gasteiger partial charge on any atom is -0.450 e. The lowest BCUT2D eigenvalue weighted by atomic mass is 10.1. The number of piperazine rings is 1. The number of aromatic amines is 1. The van der Waals surface area contributed by atoms with Gasteiger partial charge in [-0.2, -0.15) is 0 Å². The van der Waals surface area contributed by atoms with E-state index < -0.39 is 0 Å². The molecule has 0 spiro atoms. The lowest BCUT2D eigenvalue weighted by Gasteiger charge is -2.34. The number of nitrogens with one attached hydrogen (secondary N) is 1. The van der Waals surface area contributed by atoms with Gasteiger partial charge in [0, 0.05) is 37.7 Å². The van der Waals surface area contributed by atoms with E-state index in [0.717, 1.165) is 16.9 Å². The molecule has 2 heterocycles. The van der Waals surface area contributed by atoms with Crippen molar-refractivity contribution in [3.63, 3.8) is 0 Å². The number of H-pyrrole nitrogens is 1. The summed E-state index contributed by atoms with van der Waals surface area (Å²) in [6, 6.07) is 5.54. The van der Waals surface area contributed by atoms with Crippen molar-refractivity contribution in [3.8, 4) is 0 Å². The maximum absolute atomic E-state index is 12.7. The highest BCUT2D eigenvalue weighted by Crippen LogP contribution is 2.19. The second kappa shape index (κ2) is 7.13. The third kappa shape index (κ3) is 3.60. The van der Waals surface area contributed by atoms with Crippen molar-refractivity contribution in [2.45, 2.75) is 26.7 Å². The average molecular weight is 344 g/mol. The maximum atomic E-state index is 12.7. The van der Waals surface area contributed by atoms with Gasteiger partial charge in [-0.1, -0.05) is 13.8 Å². The van der Waals surface area contributed by atoms with Crippen LogP contribution in [0.15, 0.2) is 18.2 Å². The fraction of sp³-hybridized carbons (Fsp3) is 0.500. The number of hydrogen-bond donors (Lipinski definition) is 1. The van der Waals surface area contributed by atoms with Crippen molar-refractivity contribution >= 4 is 23.0 Å². The Morgan fingerprint density at radius 3 is 2.52 bits per heavy atom. The van der Waals surface area contributed by atoms with Crippen molar-refractivity contribution in [2.24, 2.45) is 0 Å². The van der Waals surface area contributed by atoms with Crippen molar-refractivity contribution < 1.29 is 14.3 Å². The van der Waals surface area contributed by atoms with Gasteiger partial charge in [-0.15, -0.1) is 0 Å². The van der Waals surface area contributed by atoms with Crippen LogP contribution in [0.3, 0.4) is 0 Å². The Morgan fingerprint density at radius 2 is 1.88 bits per heavy atom. The topological polar surface area (TPSA) is 78.5 Å². The second-order valence-corrected chi connectivity index (χ2v) is 6.49. The van der Waals surface area contributed by atoms with E-state index in [0.29, 0.717) is 44.3 Å². The number of benzene rings is 1. The van der Waals surface area contributed by atoms with Crippen LogP contribution in [0.1, 0.15) is 42.9 Å². The zero-order chi connectivity index (χ0) is 18.0. The first kappa shape index (κ1) is 17.3. The molecule has 1 fully saturated rings. The number of hydrogen-bond acceptors (Lipinski definition) is 4. The molecular formula is C18H24N4O3. The molecule has 7 nitrogen and oxygen atoms in total. The van der Waals surface area contributed by atoms with Gasteiger partial charge in [0.05, 0.1) is 17.6 Å². The molecule has 1 saturated heterocycles. The van der Waals surface area contributed by atoms with Crippen LogP contribution in [0.25, 0.3) is 11.0 Å². The van der Waals surface area contributed by atoms with Gasteiger partial charge in [-0.3, -0.25) is 4.79 Å². The third-order valence-electron chi connectivity index (χ3n) is 4.39. The summed E-state index contributed by atoms with van der Waals surface area (Å²) in [6.07, 6.45) is -0.310. The Balaban J connectivity index is 1.69. The van der Waals surface area contributed by atoms with Crippen LogP contribution in [0, 0.1) is 0 Å². The first-order valence-electron chi connectivity index (χ1n) is 8.70. The lowest BCUT2D eigenvalue weighted by molar-refractivity contribution is 0.0570. The first-order valence-corrected chi connectivity index (χ1v) is 8.70. The van der Waals surface area contributed by atoms with Crippen LogP contribution in [-0.4, -0.2) is 64.6 Å². The molecule has 0 bridgehead atoms. The normalized spacial score (nSPS) is 15.0. The fourth-order valence-corrected chi connectivity index (χ4v) is 2.93. The quantitative estimate of drug-likeness (QED) is 0.928. The van der Waals surface area contributed by atoms with Crippen molar-refractivity contribution in [1.82, 2.24) is 19.8 Å². The van der Waals surface area contributed by atoms with E-state index in [2.05, 4.69) is 23.8 Å². The van der Waals surface area contributed by atoms with Crippen molar-refractivity contribution in [2.75, 3.05) is 32.8 Å². The second-order valence-electron chi connectivity index (χ2n) is 6.49. The molecule has 0 aliphatic carbocycles. The third-order valence-corrected chi connectivity index (χ3v) is 4.39. The molecule has 1 aromatic carbocycles. The van der Waals surface area contributed by atoms with E-state index in [9.17, 15) is 9.59 Å². The molecule has 0 radical (unpaired) electrons. The van der Waals surface area contributed by atoms with Gasteiger partial charge in [0.1, 0.15) is 5.82 Å². The minimum absolute atomic E-state index is 0.0221. The number of amides is 2. The predicted octanol–water partition coefficient (Wildman–Crippen LogP) is 2.60. The smallest absolute Gasteiger partial charge is 0.409 e. The van der Waals surface area contributed by atoms with E-state index in [4.69, 9.17) is 4.74 Å². The molecule has 2 amide bonds. The van der Waals surface area contributed by atoms with E-state index in [1.165, 1.54) is 0 Å². The van der Waals surface area contributed by atoms with E-state index in [1.807, 2.05) is 18.2 Å². The van der Waals surface area contributed by atoms with Gasteiger partial charge in [0.25, 0.3) is 5.91 Å². The molecule has 1 aliphatic rings. The van der Waals surface area contributed by atoms with Crippen LogP contribution in [0.4, 0.5) is 4.79 Å². The number of rotatable bonds is 3. The average Bonchev–Trinajstić information content (AvgIpc) is 3.05. The van der Waals surface area contributed by atoms with Gasteiger partial charge in [0.2, 0.25) is 0 Å². The Labute approximate surface area is 147 Å². The Bertz CT molecular complexity index is 776. The number of imidazole rings is 1. The highest BCUT2D eigenvalue weighted by atomic mass is 16.6. The Kier molecular flexibility index (Phi) is 4.92. The SMILES string of the molecule is CCOC(=O)N1CCN(C(=O)c2ccc3nc(C(C)C)[nH]c3c2)CC1. The minimum atomic E-state index is -0.310. The Hall–Kier alpha value is -2.57. The number of fused-ring (bicyclic) bond motifs is 1. The lowest BCUT2D eigenvalue weighted by Crippen LogP contribution is -2.50. The van der Waals surface area contributed by atoms with Gasteiger partial charge in [-0.25, -0.2) is 9.78 Å². The summed E-state index contributed by atoms with van der Waals surface area (Å²) in [5, 5.41) is 0. The van der Waals surface area contributed by atoms with Gasteiger partial charge in [0.15, 0.2) is 0 Å². The molecule has 1 aromatic heterocycles. The molecule has 3 rings (SSSR count). The van der Waals surface area contributed by atoms with E-state index in [1.54, 1.807) is 16.7 Å². The summed E-state index contributed by atoms with van der Waals surface area (Å²) >= 11 is 0. The van der Waals surface area contributed by atoms with Crippen LogP contribution in [-0.2, 0) is 4.74 Å². The van der Waals surface area contributed by atoms with E-state index in [-0.39, 0.29) is 12.0 Å². The van der Waals surface area contributed by atoms with Gasteiger partial charge < -0.3 is 19.5 Å². The summed E-state index contributed by atoms with van der Waals surface area (Å²) < 4.78 is 5.00. The van der Waals surface area contributed by atoms with Gasteiger partial charge in [-0.05, 0) is 25.1 Å². The van der Waals surface area contributed by atoms with Crippen LogP contribution >= 0.6 is 0 Å². The molecule has 0 atom stereocenters. The summed E-state index contributed by atoms with van der Waals surface area (Å²) in [6.45, 7) is 8.31. The summed E-state index contributed by atoms with van der Waals surface area (Å²) in [5.41, 5.74) is 2.38. The molecular weight excluding hydrogens is 320 g/mol. The first-order chi connectivity index (χ1) is 12.0. The molecule has 2 aromatic rings. The number of carbonyl (C=O) groups excluding carboxylic acids is 2. The number of ether oxygens (including phenoxy) is 1. The largest absolute Gasteiger partial charge is 0.450 e. The zero-order valence-electron chi connectivity index (χ0n) is 14.9. The molecule has 1 N–H and O–H groups in total. The number of aromatic nitrogens is 2. The molecule has 25 heavy (non-hydrogen) atoms. The predicted molar refractivity (Wildman–Crippen MR) is 94.7 cm³/mol. The monoisotopic (exact) mass is 344 g/mol. The van der Waals surface area contributed by atoms with Crippen LogP contribution in [0.2, 0.25) is 0 Å². The van der Waals surface area contributed by atoms with Crippen molar-refractivity contribution in [3.05, 3.63) is 29.6 Å². The van der Waals surface area contributed by atoms with Crippen LogP contribution in [0.5, 0.6) is 0 Å². The molecule has 0 unspecified atom stereocenters. The molecule has 7 heteroatoms. The highest BCUT2D eigenvalue weighted by molar-refractivity contribution is 5.97. The number of carbonyl (C=O) groups is 2. The summed E-state index contributed by atoms with van der Waals surface area (Å²) in [5.74, 6) is 1.20. The van der Waals surface area contributed by atoms with Crippen molar-refractivity contribution in [1.29, 1.82) is 0 Å². The van der Waals surface area contributed by atoms with Gasteiger partial charge >= 0.3 is 6.09 Å². The standard InChI is InChI=1S/C18H24N4O3/c1-4-25-18(24)22-9-7-21(8-10-22)17(23)13-5-6-14-15(11-13)20-16(19-14)12(2)3/h5-6,11-12H,4,7-10H2,1-3H3,(H,19,20). The molecule has 1 aliphatic heterocycles. The summed E-state index contributed by atoms with van der Waals surface area (Å²) in [4.78, 5) is 35.7. The zero-order valence-corrected chi connectivity index (χ0v) is 14.9. The fourth-order valence-electron chi connectivity index (χ4n) is 2.93. The molecule has 0 saturated carbocycles. The van der Waals surface area contributed by atoms with Crippen LogP contribution < -0.4 is 0 Å². The summed E-state index contributed by atoms with van der Waals surface area (Å²) in [7, 11) is 0. The maximum Gasteiger partial charge on any atom is 0.409 e. The highest BCUT2D eigenvalue weighted by Gasteiger charge is 2.25. The van der Waals surface area contributed by atoms with E-state index >= 15 is 0 Å². The number of nitrogens with zero attached hydrogens (tertiary/aromatic N) is 3. The molecule has 134 valence electrons.